The Morgan fingerprint density at radius 2 is 2.67 bits per heavy atom. The van der Waals surface area contributed by atoms with Crippen LogP contribution in [0.15, 0.2) is 11.5 Å². The molecule has 0 amide bonds. The van der Waals surface area contributed by atoms with Gasteiger partial charge in [-0.05, 0) is 25.1 Å². The van der Waals surface area contributed by atoms with Crippen molar-refractivity contribution in [2.24, 2.45) is 0 Å². The fourth-order valence-electron chi connectivity index (χ4n) is 0.263. The molecule has 1 atom stereocenters. The predicted molar refractivity (Wildman–Crippen MR) is 36.3 cm³/mol. The maximum absolute atomic E-state index is 4.91. The molecule has 34 valence electrons. The van der Waals surface area contributed by atoms with Gasteiger partial charge in [0.1, 0.15) is 0 Å². The van der Waals surface area contributed by atoms with Gasteiger partial charge in [-0.1, -0.05) is 16.9 Å². The molecule has 0 nitrogen and oxygen atoms in total. The molecular formula is C3H4S3. The van der Waals surface area contributed by atoms with Gasteiger partial charge in [0, 0.05) is 5.75 Å². The molecule has 1 unspecified atom stereocenters. The molecule has 1 aliphatic heterocycles. The largest absolute Gasteiger partial charge is 0.0814 e. The molecule has 0 radical (unpaired) electrons. The zero-order valence-electron chi connectivity index (χ0n) is 3.09. The van der Waals surface area contributed by atoms with E-state index in [4.69, 9.17) is 11.2 Å². The fourth-order valence-corrected chi connectivity index (χ4v) is 2.87. The van der Waals surface area contributed by atoms with Crippen molar-refractivity contribution in [3.63, 3.8) is 0 Å². The summed E-state index contributed by atoms with van der Waals surface area (Å²) in [5, 5.41) is 2.08. The Morgan fingerprint density at radius 1 is 1.83 bits per heavy atom. The van der Waals surface area contributed by atoms with Crippen molar-refractivity contribution in [2.45, 2.75) is 0 Å². The Morgan fingerprint density at radius 3 is 2.83 bits per heavy atom. The minimum absolute atomic E-state index is 0.147. The average molecular weight is 136 g/mol. The van der Waals surface area contributed by atoms with Gasteiger partial charge in [-0.2, -0.15) is 0 Å². The zero-order chi connectivity index (χ0) is 4.41. The van der Waals surface area contributed by atoms with Crippen molar-refractivity contribution in [3.05, 3.63) is 11.5 Å². The van der Waals surface area contributed by atoms with Gasteiger partial charge in [-0.3, -0.25) is 0 Å². The van der Waals surface area contributed by atoms with Crippen LogP contribution in [0.1, 0.15) is 0 Å². The Kier molecular flexibility index (Phi) is 1.68. The molecule has 1 rings (SSSR count). The van der Waals surface area contributed by atoms with Crippen molar-refractivity contribution in [2.75, 3.05) is 5.75 Å². The third-order valence-corrected chi connectivity index (χ3v) is 4.10. The minimum Gasteiger partial charge on any atom is -0.0814 e. The van der Waals surface area contributed by atoms with Crippen LogP contribution in [0.5, 0.6) is 0 Å². The number of rotatable bonds is 0. The maximum atomic E-state index is 4.91. The molecule has 1 aliphatic rings. The number of hydrogen-bond donors (Lipinski definition) is 0. The molecule has 1 heterocycles. The summed E-state index contributed by atoms with van der Waals surface area (Å²) in [5.41, 5.74) is 0. The van der Waals surface area contributed by atoms with Gasteiger partial charge in [-0.25, -0.2) is 0 Å². The predicted octanol–water partition coefficient (Wildman–Crippen LogP) is 1.24. The van der Waals surface area contributed by atoms with E-state index in [1.165, 1.54) is 0 Å². The SMILES string of the molecule is S=S1C=CCS1. The summed E-state index contributed by atoms with van der Waals surface area (Å²) in [6.45, 7) is 0. The van der Waals surface area contributed by atoms with Gasteiger partial charge in [-0.15, -0.1) is 0 Å². The Hall–Kier alpha value is 0.660. The number of hydrogen-bond acceptors (Lipinski definition) is 2. The van der Waals surface area contributed by atoms with Crippen LogP contribution < -0.4 is 0 Å². The fraction of sp³-hybridized carbons (Fsp3) is 0.333. The van der Waals surface area contributed by atoms with Crippen molar-refractivity contribution < 1.29 is 0 Å². The van der Waals surface area contributed by atoms with Crippen LogP contribution in [-0.4, -0.2) is 5.75 Å². The van der Waals surface area contributed by atoms with E-state index in [1.807, 2.05) is 10.8 Å². The average Bonchev–Trinajstić information content (AvgIpc) is 1.86. The molecule has 0 fully saturated rings. The molecule has 0 aromatic heterocycles. The summed E-state index contributed by atoms with van der Waals surface area (Å²) in [6, 6.07) is 0. The van der Waals surface area contributed by atoms with Gasteiger partial charge < -0.3 is 0 Å². The van der Waals surface area contributed by atoms with Gasteiger partial charge in [0.2, 0.25) is 0 Å². The molecule has 0 saturated carbocycles. The third kappa shape index (κ3) is 1.06. The highest BCUT2D eigenvalue weighted by Gasteiger charge is 1.92. The molecule has 0 aromatic rings. The first kappa shape index (κ1) is 4.81. The van der Waals surface area contributed by atoms with E-state index >= 15 is 0 Å². The molecule has 3 heteroatoms. The van der Waals surface area contributed by atoms with E-state index in [2.05, 4.69) is 11.5 Å². The lowest BCUT2D eigenvalue weighted by atomic mass is 10.8. The topological polar surface area (TPSA) is 0 Å². The van der Waals surface area contributed by atoms with Crippen molar-refractivity contribution in [1.29, 1.82) is 0 Å². The van der Waals surface area contributed by atoms with Crippen molar-refractivity contribution in [1.82, 2.24) is 0 Å². The second-order valence-electron chi connectivity index (χ2n) is 0.917. The monoisotopic (exact) mass is 136 g/mol. The molecule has 0 spiro atoms. The highest BCUT2D eigenvalue weighted by molar-refractivity contribution is 8.84. The standard InChI is InChI=1S/C3H4S3/c4-6-3-1-2-5-6/h1,3H,2H2. The molecule has 0 aliphatic carbocycles. The van der Waals surface area contributed by atoms with Gasteiger partial charge in [0.05, 0.1) is 0 Å². The van der Waals surface area contributed by atoms with Crippen LogP contribution in [0, 0.1) is 0 Å². The van der Waals surface area contributed by atoms with Crippen LogP contribution in [-0.2, 0) is 19.7 Å². The summed E-state index contributed by atoms with van der Waals surface area (Å²) < 4.78 is 0. The smallest absolute Gasteiger partial charge is 0.0232 e. The van der Waals surface area contributed by atoms with Crippen LogP contribution in [0.2, 0.25) is 0 Å². The van der Waals surface area contributed by atoms with Crippen LogP contribution >= 0.6 is 10.8 Å². The first-order chi connectivity index (χ1) is 2.89. The summed E-state index contributed by atoms with van der Waals surface area (Å²) in [4.78, 5) is 0. The van der Waals surface area contributed by atoms with Gasteiger partial charge in [0.15, 0.2) is 0 Å². The lowest BCUT2D eigenvalue weighted by Gasteiger charge is -1.78. The van der Waals surface area contributed by atoms with E-state index in [1.54, 1.807) is 0 Å². The van der Waals surface area contributed by atoms with Crippen molar-refractivity contribution >= 4 is 30.5 Å². The zero-order valence-corrected chi connectivity index (χ0v) is 5.54. The lowest BCUT2D eigenvalue weighted by Crippen LogP contribution is -1.58. The van der Waals surface area contributed by atoms with Gasteiger partial charge in [0.25, 0.3) is 0 Å². The lowest BCUT2D eigenvalue weighted by molar-refractivity contribution is 1.84. The summed E-state index contributed by atoms with van der Waals surface area (Å²) in [6.07, 6.45) is 2.13. The second kappa shape index (κ2) is 2.09. The first-order valence-electron chi connectivity index (χ1n) is 1.60. The summed E-state index contributed by atoms with van der Waals surface area (Å²) >= 11 is 4.91. The van der Waals surface area contributed by atoms with Crippen molar-refractivity contribution in [3.8, 4) is 0 Å². The van der Waals surface area contributed by atoms with E-state index < -0.39 is 0 Å². The third-order valence-electron chi connectivity index (χ3n) is 0.488. The summed E-state index contributed by atoms with van der Waals surface area (Å²) in [5.74, 6) is 1.13. The highest BCUT2D eigenvalue weighted by Crippen LogP contribution is 2.15. The Balaban J connectivity index is 2.59. The Bertz CT molecular complexity index is 94.2. The van der Waals surface area contributed by atoms with Crippen LogP contribution in [0.25, 0.3) is 0 Å². The normalized spacial score (nSPS) is 31.7. The minimum atomic E-state index is 0.147. The molecule has 0 aromatic carbocycles. The molecule has 0 saturated heterocycles. The second-order valence-corrected chi connectivity index (χ2v) is 5.77. The first-order valence-corrected chi connectivity index (χ1v) is 5.31. The quantitative estimate of drug-likeness (QED) is 0.460. The maximum Gasteiger partial charge on any atom is 0.0232 e. The van der Waals surface area contributed by atoms with Crippen LogP contribution in [0.3, 0.4) is 0 Å². The van der Waals surface area contributed by atoms with E-state index in [9.17, 15) is 0 Å². The molecular weight excluding hydrogens is 132 g/mol. The van der Waals surface area contributed by atoms with E-state index in [0.29, 0.717) is 0 Å². The van der Waals surface area contributed by atoms with Crippen LogP contribution in [0.4, 0.5) is 0 Å². The molecule has 6 heavy (non-hydrogen) atoms. The van der Waals surface area contributed by atoms with E-state index in [-0.39, 0.29) is 8.49 Å². The summed E-state index contributed by atoms with van der Waals surface area (Å²) in [7, 11) is 1.98. The van der Waals surface area contributed by atoms with Gasteiger partial charge >= 0.3 is 0 Å². The van der Waals surface area contributed by atoms with E-state index in [0.717, 1.165) is 5.75 Å². The Labute approximate surface area is 48.0 Å². The molecule has 0 bridgehead atoms. The molecule has 0 N–H and O–H groups in total. The highest BCUT2D eigenvalue weighted by atomic mass is 33.3.